The van der Waals surface area contributed by atoms with Crippen molar-refractivity contribution in [1.29, 1.82) is 0 Å². The lowest BCUT2D eigenvalue weighted by molar-refractivity contribution is -0.0100. The van der Waals surface area contributed by atoms with Crippen LogP contribution in [0.5, 0.6) is 0 Å². The summed E-state index contributed by atoms with van der Waals surface area (Å²) in [5, 5.41) is 10.7. The summed E-state index contributed by atoms with van der Waals surface area (Å²) in [5.41, 5.74) is 2.07. The fourth-order valence-corrected chi connectivity index (χ4v) is 2.98. The highest BCUT2D eigenvalue weighted by Gasteiger charge is 2.35. The minimum atomic E-state index is -0.425. The summed E-state index contributed by atoms with van der Waals surface area (Å²) in [6.07, 6.45) is 4.74. The maximum Gasteiger partial charge on any atom is 0.0968 e. The van der Waals surface area contributed by atoms with Crippen LogP contribution < -0.4 is 0 Å². The van der Waals surface area contributed by atoms with Gasteiger partial charge in [-0.2, -0.15) is 0 Å². The van der Waals surface area contributed by atoms with Crippen molar-refractivity contribution in [3.05, 3.63) is 35.4 Å². The van der Waals surface area contributed by atoms with E-state index in [0.29, 0.717) is 0 Å². The monoisotopic (exact) mass is 261 g/mol. The molecule has 1 aromatic carbocycles. The average molecular weight is 261 g/mol. The predicted octanol–water partition coefficient (Wildman–Crippen LogP) is 3.68. The number of rotatable bonds is 3. The van der Waals surface area contributed by atoms with Crippen molar-refractivity contribution in [1.82, 2.24) is 4.90 Å². The Kier molecular flexibility index (Phi) is 4.64. The van der Waals surface area contributed by atoms with Crippen LogP contribution in [0.1, 0.15) is 56.8 Å². The Morgan fingerprint density at radius 3 is 2.05 bits per heavy atom. The van der Waals surface area contributed by atoms with Gasteiger partial charge < -0.3 is 5.11 Å². The molecule has 2 heteroatoms. The van der Waals surface area contributed by atoms with Crippen molar-refractivity contribution in [2.75, 3.05) is 13.1 Å². The summed E-state index contributed by atoms with van der Waals surface area (Å²) in [6.45, 7) is 8.63. The van der Waals surface area contributed by atoms with Crippen molar-refractivity contribution in [3.63, 3.8) is 0 Å². The van der Waals surface area contributed by atoms with E-state index >= 15 is 0 Å². The number of benzene rings is 1. The molecule has 2 rings (SSSR count). The molecule has 1 atom stereocenters. The molecule has 19 heavy (non-hydrogen) atoms. The molecule has 1 unspecified atom stereocenters. The van der Waals surface area contributed by atoms with Crippen molar-refractivity contribution < 1.29 is 5.11 Å². The highest BCUT2D eigenvalue weighted by Crippen LogP contribution is 2.32. The van der Waals surface area contributed by atoms with E-state index in [1.54, 1.807) is 0 Å². The molecular weight excluding hydrogens is 234 g/mol. The first-order valence-electron chi connectivity index (χ1n) is 7.51. The third kappa shape index (κ3) is 3.37. The van der Waals surface area contributed by atoms with Crippen LogP contribution in [0, 0.1) is 6.92 Å². The molecule has 1 N–H and O–H groups in total. The van der Waals surface area contributed by atoms with Gasteiger partial charge in [-0.05, 0) is 52.3 Å². The van der Waals surface area contributed by atoms with Gasteiger partial charge in [0, 0.05) is 5.54 Å². The molecule has 1 fully saturated rings. The first-order chi connectivity index (χ1) is 9.01. The van der Waals surface area contributed by atoms with Crippen LogP contribution in [0.3, 0.4) is 0 Å². The Hall–Kier alpha value is -0.860. The highest BCUT2D eigenvalue weighted by atomic mass is 16.3. The number of hydrogen-bond donors (Lipinski definition) is 1. The number of aliphatic hydroxyl groups is 1. The van der Waals surface area contributed by atoms with E-state index in [-0.39, 0.29) is 5.54 Å². The minimum Gasteiger partial charge on any atom is -0.386 e. The fraction of sp³-hybridized carbons (Fsp3) is 0.647. The standard InChI is InChI=1S/C17H27NO/c1-14-8-10-15(11-9-14)16(19)17(2,3)18-12-6-4-5-7-13-18/h8-11,16,19H,4-7,12-13H2,1-3H3. The van der Waals surface area contributed by atoms with Gasteiger partial charge in [0.15, 0.2) is 0 Å². The number of aryl methyl sites for hydroxylation is 1. The van der Waals surface area contributed by atoms with Crippen LogP contribution in [-0.4, -0.2) is 28.6 Å². The molecule has 106 valence electrons. The quantitative estimate of drug-likeness (QED) is 0.897. The Morgan fingerprint density at radius 1 is 1.00 bits per heavy atom. The van der Waals surface area contributed by atoms with E-state index < -0.39 is 6.10 Å². The van der Waals surface area contributed by atoms with Crippen molar-refractivity contribution in [3.8, 4) is 0 Å². The minimum absolute atomic E-state index is 0.195. The van der Waals surface area contributed by atoms with Crippen LogP contribution in [0.25, 0.3) is 0 Å². The molecule has 1 aromatic rings. The highest BCUT2D eigenvalue weighted by molar-refractivity contribution is 5.25. The molecule has 0 aliphatic carbocycles. The Balaban J connectivity index is 2.14. The van der Waals surface area contributed by atoms with E-state index in [0.717, 1.165) is 18.7 Å². The lowest BCUT2D eigenvalue weighted by Crippen LogP contribution is -2.48. The molecule has 1 aliphatic heterocycles. The number of nitrogens with zero attached hydrogens (tertiary/aromatic N) is 1. The third-order valence-corrected chi connectivity index (χ3v) is 4.48. The van der Waals surface area contributed by atoms with Crippen LogP contribution >= 0.6 is 0 Å². The number of aliphatic hydroxyl groups excluding tert-OH is 1. The average Bonchev–Trinajstić information content (AvgIpc) is 2.68. The van der Waals surface area contributed by atoms with Gasteiger partial charge in [-0.15, -0.1) is 0 Å². The molecule has 0 spiro atoms. The lowest BCUT2D eigenvalue weighted by Gasteiger charge is -2.41. The summed E-state index contributed by atoms with van der Waals surface area (Å²) >= 11 is 0. The van der Waals surface area contributed by atoms with Gasteiger partial charge in [0.1, 0.15) is 0 Å². The molecule has 0 bridgehead atoms. The van der Waals surface area contributed by atoms with Gasteiger partial charge in [0.05, 0.1) is 6.10 Å². The van der Waals surface area contributed by atoms with Gasteiger partial charge in [0.2, 0.25) is 0 Å². The molecule has 0 aromatic heterocycles. The lowest BCUT2D eigenvalue weighted by atomic mass is 9.89. The maximum atomic E-state index is 10.7. The third-order valence-electron chi connectivity index (χ3n) is 4.48. The second-order valence-corrected chi connectivity index (χ2v) is 6.37. The Morgan fingerprint density at radius 2 is 1.53 bits per heavy atom. The van der Waals surface area contributed by atoms with Crippen LogP contribution in [-0.2, 0) is 0 Å². The van der Waals surface area contributed by atoms with E-state index in [9.17, 15) is 5.11 Å². The predicted molar refractivity (Wildman–Crippen MR) is 80.3 cm³/mol. The summed E-state index contributed by atoms with van der Waals surface area (Å²) in [7, 11) is 0. The zero-order chi connectivity index (χ0) is 13.9. The van der Waals surface area contributed by atoms with Crippen LogP contribution in [0.2, 0.25) is 0 Å². The van der Waals surface area contributed by atoms with Gasteiger partial charge >= 0.3 is 0 Å². The van der Waals surface area contributed by atoms with Gasteiger partial charge in [0.25, 0.3) is 0 Å². The maximum absolute atomic E-state index is 10.7. The van der Waals surface area contributed by atoms with Gasteiger partial charge in [-0.25, -0.2) is 0 Å². The Labute approximate surface area is 117 Å². The molecule has 1 heterocycles. The first-order valence-corrected chi connectivity index (χ1v) is 7.51. The van der Waals surface area contributed by atoms with E-state index in [2.05, 4.69) is 49.9 Å². The summed E-state index contributed by atoms with van der Waals surface area (Å²) < 4.78 is 0. The van der Waals surface area contributed by atoms with Gasteiger partial charge in [-0.1, -0.05) is 42.7 Å². The molecule has 0 radical (unpaired) electrons. The molecule has 1 saturated heterocycles. The second kappa shape index (κ2) is 6.06. The largest absolute Gasteiger partial charge is 0.386 e. The van der Waals surface area contributed by atoms with Crippen molar-refractivity contribution in [2.45, 2.75) is 58.1 Å². The topological polar surface area (TPSA) is 23.5 Å². The second-order valence-electron chi connectivity index (χ2n) is 6.37. The molecule has 2 nitrogen and oxygen atoms in total. The van der Waals surface area contributed by atoms with E-state index in [1.165, 1.54) is 31.2 Å². The van der Waals surface area contributed by atoms with E-state index in [4.69, 9.17) is 0 Å². The Bertz CT molecular complexity index is 388. The number of likely N-dealkylation sites (tertiary alicyclic amines) is 1. The van der Waals surface area contributed by atoms with Gasteiger partial charge in [-0.3, -0.25) is 4.90 Å². The van der Waals surface area contributed by atoms with Crippen LogP contribution in [0.15, 0.2) is 24.3 Å². The molecular formula is C17H27NO. The smallest absolute Gasteiger partial charge is 0.0968 e. The SMILES string of the molecule is Cc1ccc(C(O)C(C)(C)N2CCCCCC2)cc1. The zero-order valence-corrected chi connectivity index (χ0v) is 12.5. The molecule has 0 saturated carbocycles. The normalized spacial score (nSPS) is 20.0. The van der Waals surface area contributed by atoms with Crippen LogP contribution in [0.4, 0.5) is 0 Å². The summed E-state index contributed by atoms with van der Waals surface area (Å²) in [4.78, 5) is 2.46. The fourth-order valence-electron chi connectivity index (χ4n) is 2.98. The van der Waals surface area contributed by atoms with Crippen molar-refractivity contribution in [2.24, 2.45) is 0 Å². The first kappa shape index (κ1) is 14.5. The molecule has 1 aliphatic rings. The van der Waals surface area contributed by atoms with Crippen molar-refractivity contribution >= 4 is 0 Å². The summed E-state index contributed by atoms with van der Waals surface area (Å²) in [5.74, 6) is 0. The summed E-state index contributed by atoms with van der Waals surface area (Å²) in [6, 6.07) is 8.27. The zero-order valence-electron chi connectivity index (χ0n) is 12.5. The van der Waals surface area contributed by atoms with E-state index in [1.807, 2.05) is 0 Å². The molecule has 0 amide bonds. The number of hydrogen-bond acceptors (Lipinski definition) is 2.